The zero-order valence-electron chi connectivity index (χ0n) is 20.8. The highest BCUT2D eigenvalue weighted by Gasteiger charge is 2.26. The van der Waals surface area contributed by atoms with E-state index >= 15 is 0 Å². The van der Waals surface area contributed by atoms with E-state index in [0.29, 0.717) is 23.8 Å². The Morgan fingerprint density at radius 3 is 2.71 bits per heavy atom. The predicted octanol–water partition coefficient (Wildman–Crippen LogP) is 3.25. The minimum Gasteiger partial charge on any atom is -0.490 e. The van der Waals surface area contributed by atoms with E-state index < -0.39 is 0 Å². The summed E-state index contributed by atoms with van der Waals surface area (Å²) in [4.78, 5) is 25.0. The molecule has 2 heterocycles. The smallest absolute Gasteiger partial charge is 0.242 e. The standard InChI is InChI=1S/C27H33N5O3/c1-5-29-26(33)18(4)32-12-10-19-6-7-21(14-20(19)11-13-32)25-30-27(35-31-25)22-8-9-24(34-17(2)3)23(15-22)16-28/h6-9,14-15,17-18,25,31H,5,10-13H2,1-4H3,(H,29,33). The maximum Gasteiger partial charge on any atom is 0.242 e. The third-order valence-electron chi connectivity index (χ3n) is 6.38. The van der Waals surface area contributed by atoms with Gasteiger partial charge < -0.3 is 14.9 Å². The zero-order chi connectivity index (χ0) is 24.9. The number of hydrogen-bond donors (Lipinski definition) is 2. The fourth-order valence-corrected chi connectivity index (χ4v) is 4.47. The highest BCUT2D eigenvalue weighted by atomic mass is 16.7. The van der Waals surface area contributed by atoms with Crippen molar-refractivity contribution in [1.29, 1.82) is 5.26 Å². The maximum atomic E-state index is 12.3. The molecular formula is C27H33N5O3. The summed E-state index contributed by atoms with van der Waals surface area (Å²) in [6.45, 7) is 10.1. The summed E-state index contributed by atoms with van der Waals surface area (Å²) in [5.41, 5.74) is 7.77. The Hall–Kier alpha value is -3.41. The van der Waals surface area contributed by atoms with E-state index in [2.05, 4.69) is 40.0 Å². The summed E-state index contributed by atoms with van der Waals surface area (Å²) in [5.74, 6) is 1.08. The number of fused-ring (bicyclic) bond motifs is 1. The van der Waals surface area contributed by atoms with Crippen molar-refractivity contribution >= 4 is 11.8 Å². The Morgan fingerprint density at radius 1 is 1.23 bits per heavy atom. The van der Waals surface area contributed by atoms with Gasteiger partial charge in [-0.15, -0.1) is 5.48 Å². The Labute approximate surface area is 206 Å². The summed E-state index contributed by atoms with van der Waals surface area (Å²) in [6.07, 6.45) is 1.43. The van der Waals surface area contributed by atoms with E-state index in [1.165, 1.54) is 11.1 Å². The minimum atomic E-state index is -0.332. The van der Waals surface area contributed by atoms with Crippen LogP contribution in [0.4, 0.5) is 0 Å². The van der Waals surface area contributed by atoms with Gasteiger partial charge in [0.15, 0.2) is 6.17 Å². The first-order valence-electron chi connectivity index (χ1n) is 12.2. The molecule has 0 saturated heterocycles. The number of nitriles is 1. The first-order chi connectivity index (χ1) is 16.9. The Morgan fingerprint density at radius 2 is 2.00 bits per heavy atom. The third kappa shape index (κ3) is 5.64. The Kier molecular flexibility index (Phi) is 7.69. The quantitative estimate of drug-likeness (QED) is 0.638. The van der Waals surface area contributed by atoms with Gasteiger partial charge in [0.05, 0.1) is 17.7 Å². The van der Waals surface area contributed by atoms with Crippen LogP contribution >= 0.6 is 0 Å². The average Bonchev–Trinajstić information content (AvgIpc) is 3.25. The van der Waals surface area contributed by atoms with Gasteiger partial charge in [0.2, 0.25) is 11.8 Å². The Balaban J connectivity index is 1.48. The van der Waals surface area contributed by atoms with Crippen LogP contribution in [0.3, 0.4) is 0 Å². The van der Waals surface area contributed by atoms with Crippen LogP contribution in [0.2, 0.25) is 0 Å². The molecule has 0 radical (unpaired) electrons. The van der Waals surface area contributed by atoms with Crippen molar-refractivity contribution in [3.63, 3.8) is 0 Å². The second kappa shape index (κ2) is 10.9. The molecule has 4 rings (SSSR count). The molecule has 1 amide bonds. The largest absolute Gasteiger partial charge is 0.490 e. The molecule has 8 nitrogen and oxygen atoms in total. The molecule has 2 aromatic carbocycles. The molecule has 8 heteroatoms. The molecule has 2 unspecified atom stereocenters. The predicted molar refractivity (Wildman–Crippen MR) is 134 cm³/mol. The van der Waals surface area contributed by atoms with Crippen molar-refractivity contribution in [1.82, 2.24) is 15.7 Å². The van der Waals surface area contributed by atoms with Gasteiger partial charge in [0.1, 0.15) is 11.8 Å². The van der Waals surface area contributed by atoms with Gasteiger partial charge in [-0.3, -0.25) is 9.69 Å². The summed E-state index contributed by atoms with van der Waals surface area (Å²) in [7, 11) is 0. The van der Waals surface area contributed by atoms with Gasteiger partial charge in [-0.1, -0.05) is 18.2 Å². The number of likely N-dealkylation sites (N-methyl/N-ethyl adjacent to an activating group) is 1. The number of nitrogens with zero attached hydrogens (tertiary/aromatic N) is 3. The second-order valence-electron chi connectivity index (χ2n) is 9.18. The fourth-order valence-electron chi connectivity index (χ4n) is 4.47. The van der Waals surface area contributed by atoms with Crippen molar-refractivity contribution in [2.24, 2.45) is 4.99 Å². The zero-order valence-corrected chi connectivity index (χ0v) is 20.8. The number of rotatable bonds is 7. The molecule has 0 fully saturated rings. The number of ether oxygens (including phenoxy) is 1. The van der Waals surface area contributed by atoms with Crippen molar-refractivity contribution < 1.29 is 14.4 Å². The number of benzene rings is 2. The molecule has 2 aliphatic heterocycles. The number of carbonyl (C=O) groups excluding carboxylic acids is 1. The van der Waals surface area contributed by atoms with Gasteiger partial charge in [-0.2, -0.15) is 5.26 Å². The van der Waals surface area contributed by atoms with E-state index in [1.54, 1.807) is 12.1 Å². The molecule has 0 saturated carbocycles. The second-order valence-corrected chi connectivity index (χ2v) is 9.18. The van der Waals surface area contributed by atoms with Crippen LogP contribution < -0.4 is 15.5 Å². The molecule has 2 aromatic rings. The first-order valence-corrected chi connectivity index (χ1v) is 12.2. The molecule has 2 N–H and O–H groups in total. The lowest BCUT2D eigenvalue weighted by molar-refractivity contribution is -0.125. The van der Waals surface area contributed by atoms with Crippen molar-refractivity contribution in [2.75, 3.05) is 19.6 Å². The van der Waals surface area contributed by atoms with Crippen LogP contribution in [0, 0.1) is 11.3 Å². The van der Waals surface area contributed by atoms with Crippen molar-refractivity contribution in [2.45, 2.75) is 58.8 Å². The number of aliphatic imine (C=N–C) groups is 1. The van der Waals surface area contributed by atoms with Gasteiger partial charge in [-0.25, -0.2) is 4.99 Å². The fraction of sp³-hybridized carbons (Fsp3) is 0.444. The number of nitrogens with one attached hydrogen (secondary N) is 2. The summed E-state index contributed by atoms with van der Waals surface area (Å²) >= 11 is 0. The Bertz CT molecular complexity index is 1150. The molecule has 2 atom stereocenters. The molecular weight excluding hydrogens is 442 g/mol. The maximum absolute atomic E-state index is 12.3. The number of carbonyl (C=O) groups is 1. The van der Waals surface area contributed by atoms with E-state index in [1.807, 2.05) is 33.8 Å². The van der Waals surface area contributed by atoms with Crippen LogP contribution in [0.25, 0.3) is 0 Å². The van der Waals surface area contributed by atoms with Crippen molar-refractivity contribution in [3.8, 4) is 11.8 Å². The third-order valence-corrected chi connectivity index (χ3v) is 6.38. The monoisotopic (exact) mass is 475 g/mol. The summed E-state index contributed by atoms with van der Waals surface area (Å²) in [6, 6.07) is 13.8. The average molecular weight is 476 g/mol. The topological polar surface area (TPSA) is 99.0 Å². The van der Waals surface area contributed by atoms with Crippen LogP contribution in [0.5, 0.6) is 5.75 Å². The highest BCUT2D eigenvalue weighted by molar-refractivity contribution is 5.95. The van der Waals surface area contributed by atoms with Gasteiger partial charge in [-0.05, 0) is 75.4 Å². The molecule has 0 aromatic heterocycles. The van der Waals surface area contributed by atoms with Crippen molar-refractivity contribution in [3.05, 3.63) is 64.2 Å². The lowest BCUT2D eigenvalue weighted by atomic mass is 9.99. The first kappa shape index (κ1) is 24.7. The molecule has 2 aliphatic rings. The van der Waals surface area contributed by atoms with Crippen LogP contribution in [0.1, 0.15) is 61.7 Å². The normalized spacial score (nSPS) is 18.6. The number of hydrogen-bond acceptors (Lipinski definition) is 7. The van der Waals surface area contributed by atoms with Gasteiger partial charge >= 0.3 is 0 Å². The van der Waals surface area contributed by atoms with E-state index in [4.69, 9.17) is 14.6 Å². The molecule has 0 bridgehead atoms. The van der Waals surface area contributed by atoms with E-state index in [0.717, 1.165) is 37.1 Å². The lowest BCUT2D eigenvalue weighted by Crippen LogP contribution is -2.46. The van der Waals surface area contributed by atoms with Crippen LogP contribution in [-0.2, 0) is 22.5 Å². The van der Waals surface area contributed by atoms with Crippen LogP contribution in [0.15, 0.2) is 41.4 Å². The lowest BCUT2D eigenvalue weighted by Gasteiger charge is -2.26. The molecule has 35 heavy (non-hydrogen) atoms. The minimum absolute atomic E-state index is 0.0175. The van der Waals surface area contributed by atoms with E-state index in [9.17, 15) is 10.1 Å². The number of hydroxylamine groups is 1. The number of amides is 1. The van der Waals surface area contributed by atoms with Crippen LogP contribution in [-0.4, -0.2) is 48.5 Å². The molecule has 0 aliphatic carbocycles. The van der Waals surface area contributed by atoms with Gasteiger partial charge in [0.25, 0.3) is 0 Å². The molecule has 184 valence electrons. The SMILES string of the molecule is CCNC(=O)C(C)N1CCc2ccc(C3N=C(c4ccc(OC(C)C)c(C#N)c4)ON3)cc2CC1. The summed E-state index contributed by atoms with van der Waals surface area (Å²) < 4.78 is 5.71. The highest BCUT2D eigenvalue weighted by Crippen LogP contribution is 2.27. The van der Waals surface area contributed by atoms with E-state index in [-0.39, 0.29) is 24.2 Å². The van der Waals surface area contributed by atoms with Gasteiger partial charge in [0, 0.05) is 25.2 Å². The summed E-state index contributed by atoms with van der Waals surface area (Å²) in [5, 5.41) is 12.4. The molecule has 0 spiro atoms.